The van der Waals surface area contributed by atoms with E-state index >= 15 is 0 Å². The highest BCUT2D eigenvalue weighted by Gasteiger charge is 2.31. The average Bonchev–Trinajstić information content (AvgIpc) is 3.65. The van der Waals surface area contributed by atoms with Gasteiger partial charge in [-0.25, -0.2) is 13.4 Å². The second-order valence-electron chi connectivity index (χ2n) is 7.08. The molecule has 10 heteroatoms. The zero-order valence-electron chi connectivity index (χ0n) is 17.4. The van der Waals surface area contributed by atoms with Gasteiger partial charge in [0.25, 0.3) is 15.9 Å². The maximum absolute atomic E-state index is 13.0. The van der Waals surface area contributed by atoms with Gasteiger partial charge in [-0.15, -0.1) is 0 Å². The highest BCUT2D eigenvalue weighted by Crippen LogP contribution is 2.44. The Hall–Kier alpha value is -3.37. The van der Waals surface area contributed by atoms with Gasteiger partial charge in [-0.2, -0.15) is 4.98 Å². The van der Waals surface area contributed by atoms with Gasteiger partial charge in [-0.1, -0.05) is 30.3 Å². The number of para-hydroxylation sites is 2. The normalized spacial score (nSPS) is 13.4. The maximum Gasteiger partial charge on any atom is 0.263 e. The number of aliphatic hydroxyl groups excluding tert-OH is 1. The summed E-state index contributed by atoms with van der Waals surface area (Å²) in [6.07, 6.45) is 1.80. The van der Waals surface area contributed by atoms with Crippen LogP contribution in [0.25, 0.3) is 0 Å². The molecule has 0 atom stereocenters. The Kier molecular flexibility index (Phi) is 6.42. The van der Waals surface area contributed by atoms with Gasteiger partial charge in [0.15, 0.2) is 17.3 Å². The molecule has 1 aliphatic carbocycles. The number of sulfonamides is 1. The molecule has 0 saturated heterocycles. The average molecular weight is 458 g/mol. The molecule has 1 saturated carbocycles. The molecule has 0 bridgehead atoms. The molecule has 2 N–H and O–H groups in total. The van der Waals surface area contributed by atoms with Crippen LogP contribution in [0.2, 0.25) is 0 Å². The molecule has 0 unspecified atom stereocenters. The summed E-state index contributed by atoms with van der Waals surface area (Å²) in [5, 5.41) is 9.24. The van der Waals surface area contributed by atoms with Crippen LogP contribution in [0, 0.1) is 0 Å². The first-order chi connectivity index (χ1) is 15.5. The van der Waals surface area contributed by atoms with Crippen molar-refractivity contribution in [1.82, 2.24) is 9.97 Å². The molecular formula is C22H23N3O6S. The van der Waals surface area contributed by atoms with E-state index in [1.165, 1.54) is 19.2 Å². The van der Waals surface area contributed by atoms with Crippen molar-refractivity contribution >= 4 is 15.8 Å². The topological polar surface area (TPSA) is 120 Å². The van der Waals surface area contributed by atoms with Crippen molar-refractivity contribution in [3.05, 3.63) is 60.4 Å². The van der Waals surface area contributed by atoms with Crippen LogP contribution in [0.15, 0.2) is 59.5 Å². The van der Waals surface area contributed by atoms with Gasteiger partial charge in [-0.05, 0) is 37.1 Å². The minimum absolute atomic E-state index is 0.0214. The molecule has 1 fully saturated rings. The molecule has 1 aliphatic rings. The summed E-state index contributed by atoms with van der Waals surface area (Å²) in [5.41, 5.74) is 0. The molecule has 4 rings (SSSR count). The second kappa shape index (κ2) is 9.41. The van der Waals surface area contributed by atoms with Crippen LogP contribution in [0.3, 0.4) is 0 Å². The highest BCUT2D eigenvalue weighted by atomic mass is 32.2. The Morgan fingerprint density at radius 3 is 2.38 bits per heavy atom. The summed E-state index contributed by atoms with van der Waals surface area (Å²) >= 11 is 0. The molecule has 1 aromatic heterocycles. The van der Waals surface area contributed by atoms with Crippen molar-refractivity contribution in [3.63, 3.8) is 0 Å². The smallest absolute Gasteiger partial charge is 0.263 e. The lowest BCUT2D eigenvalue weighted by molar-refractivity contribution is 0.192. The number of hydrogen-bond acceptors (Lipinski definition) is 8. The van der Waals surface area contributed by atoms with Gasteiger partial charge in [0, 0.05) is 5.92 Å². The van der Waals surface area contributed by atoms with Crippen LogP contribution in [-0.4, -0.2) is 43.8 Å². The molecule has 0 aliphatic heterocycles. The van der Waals surface area contributed by atoms with E-state index in [4.69, 9.17) is 14.2 Å². The molecule has 9 nitrogen and oxygen atoms in total. The number of methoxy groups -OCH3 is 1. The third-order valence-electron chi connectivity index (χ3n) is 4.69. The van der Waals surface area contributed by atoms with Crippen LogP contribution in [0.5, 0.6) is 23.1 Å². The lowest BCUT2D eigenvalue weighted by atomic mass is 10.3. The van der Waals surface area contributed by atoms with Gasteiger partial charge >= 0.3 is 0 Å². The second-order valence-corrected chi connectivity index (χ2v) is 8.76. The SMILES string of the molecule is COc1ccccc1Oc1c(NS(=O)(=O)c2ccccc2)nc(C2CC2)nc1OCCO. The predicted octanol–water partition coefficient (Wildman–Crippen LogP) is 3.33. The van der Waals surface area contributed by atoms with Crippen molar-refractivity contribution in [2.75, 3.05) is 25.0 Å². The zero-order chi connectivity index (χ0) is 22.6. The van der Waals surface area contributed by atoms with E-state index in [1.54, 1.807) is 42.5 Å². The Labute approximate surface area is 186 Å². The molecule has 0 amide bonds. The van der Waals surface area contributed by atoms with E-state index in [9.17, 15) is 13.5 Å². The van der Waals surface area contributed by atoms with E-state index < -0.39 is 10.0 Å². The largest absolute Gasteiger partial charge is 0.493 e. The predicted molar refractivity (Wildman–Crippen MR) is 117 cm³/mol. The van der Waals surface area contributed by atoms with Crippen LogP contribution in [0.4, 0.5) is 5.82 Å². The van der Waals surface area contributed by atoms with E-state index in [0.29, 0.717) is 17.3 Å². The van der Waals surface area contributed by atoms with Crippen molar-refractivity contribution in [2.45, 2.75) is 23.7 Å². The number of ether oxygens (including phenoxy) is 3. The first-order valence-electron chi connectivity index (χ1n) is 10.1. The van der Waals surface area contributed by atoms with Crippen molar-refractivity contribution in [1.29, 1.82) is 0 Å². The van der Waals surface area contributed by atoms with Crippen LogP contribution >= 0.6 is 0 Å². The Balaban J connectivity index is 1.81. The monoisotopic (exact) mass is 457 g/mol. The van der Waals surface area contributed by atoms with E-state index in [2.05, 4.69) is 14.7 Å². The molecule has 0 spiro atoms. The van der Waals surface area contributed by atoms with Crippen molar-refractivity contribution in [2.24, 2.45) is 0 Å². The van der Waals surface area contributed by atoms with Crippen LogP contribution < -0.4 is 18.9 Å². The number of nitrogens with one attached hydrogen (secondary N) is 1. The summed E-state index contributed by atoms with van der Waals surface area (Å²) in [4.78, 5) is 8.97. The third kappa shape index (κ3) is 4.92. The highest BCUT2D eigenvalue weighted by molar-refractivity contribution is 7.92. The fraction of sp³-hybridized carbons (Fsp3) is 0.273. The number of hydrogen-bond donors (Lipinski definition) is 2. The van der Waals surface area contributed by atoms with Crippen molar-refractivity contribution in [3.8, 4) is 23.1 Å². The quantitative estimate of drug-likeness (QED) is 0.476. The van der Waals surface area contributed by atoms with Gasteiger partial charge in [0.2, 0.25) is 5.75 Å². The molecular weight excluding hydrogens is 434 g/mol. The minimum atomic E-state index is -3.96. The zero-order valence-corrected chi connectivity index (χ0v) is 18.2. The molecule has 3 aromatic rings. The number of benzene rings is 2. The van der Waals surface area contributed by atoms with Gasteiger partial charge in [-0.3, -0.25) is 4.72 Å². The van der Waals surface area contributed by atoms with E-state index in [1.807, 2.05) is 0 Å². The fourth-order valence-corrected chi connectivity index (χ4v) is 4.00. The first-order valence-corrected chi connectivity index (χ1v) is 11.5. The molecule has 168 valence electrons. The summed E-state index contributed by atoms with van der Waals surface area (Å²) in [7, 11) is -2.46. The van der Waals surface area contributed by atoms with E-state index in [0.717, 1.165) is 12.8 Å². The Morgan fingerprint density at radius 1 is 1.03 bits per heavy atom. The molecule has 32 heavy (non-hydrogen) atoms. The van der Waals surface area contributed by atoms with Crippen LogP contribution in [0.1, 0.15) is 24.6 Å². The standard InChI is InChI=1S/C22H23N3O6S/c1-29-17-9-5-6-10-18(17)31-19-21(25-32(27,28)16-7-3-2-4-8-16)23-20(15-11-12-15)24-22(19)30-14-13-26/h2-10,15,26H,11-14H2,1H3,(H,23,24,25). The molecule has 2 aromatic carbocycles. The summed E-state index contributed by atoms with van der Waals surface area (Å²) < 4.78 is 45.5. The molecule has 1 heterocycles. The number of aliphatic hydroxyl groups is 1. The van der Waals surface area contributed by atoms with Gasteiger partial charge < -0.3 is 19.3 Å². The Morgan fingerprint density at radius 2 is 1.72 bits per heavy atom. The van der Waals surface area contributed by atoms with Gasteiger partial charge in [0.05, 0.1) is 18.6 Å². The number of rotatable bonds is 10. The minimum Gasteiger partial charge on any atom is -0.493 e. The molecule has 0 radical (unpaired) electrons. The maximum atomic E-state index is 13.0. The fourth-order valence-electron chi connectivity index (χ4n) is 2.97. The summed E-state index contributed by atoms with van der Waals surface area (Å²) in [5.74, 6) is 1.29. The first kappa shape index (κ1) is 21.8. The third-order valence-corrected chi connectivity index (χ3v) is 6.04. The lowest BCUT2D eigenvalue weighted by Crippen LogP contribution is -2.17. The Bertz CT molecular complexity index is 1180. The van der Waals surface area contributed by atoms with Gasteiger partial charge in [0.1, 0.15) is 12.4 Å². The van der Waals surface area contributed by atoms with Crippen molar-refractivity contribution < 1.29 is 27.7 Å². The lowest BCUT2D eigenvalue weighted by Gasteiger charge is -2.18. The summed E-state index contributed by atoms with van der Waals surface area (Å²) in [6.45, 7) is -0.295. The summed E-state index contributed by atoms with van der Waals surface area (Å²) in [6, 6.07) is 14.9. The van der Waals surface area contributed by atoms with Crippen LogP contribution in [-0.2, 0) is 10.0 Å². The number of nitrogens with zero attached hydrogens (tertiary/aromatic N) is 2. The number of anilines is 1. The number of aromatic nitrogens is 2. The van der Waals surface area contributed by atoms with E-state index in [-0.39, 0.29) is 41.5 Å².